The van der Waals surface area contributed by atoms with Crippen molar-refractivity contribution >= 4 is 11.6 Å². The number of methoxy groups -OCH3 is 2. The maximum atomic E-state index is 13.8. The number of likely N-dealkylation sites (N-methyl/N-ethyl adjacent to an activating group) is 1. The molecular formula is C29H37N5O3. The zero-order valence-electron chi connectivity index (χ0n) is 22.1. The summed E-state index contributed by atoms with van der Waals surface area (Å²) in [4.78, 5) is 25.0. The first-order valence-corrected chi connectivity index (χ1v) is 13.2. The summed E-state index contributed by atoms with van der Waals surface area (Å²) in [6.45, 7) is 8.85. The molecule has 0 N–H and O–H groups in total. The van der Waals surface area contributed by atoms with Crippen molar-refractivity contribution in [2.75, 3.05) is 51.8 Å². The summed E-state index contributed by atoms with van der Waals surface area (Å²) in [7, 11) is 3.29. The van der Waals surface area contributed by atoms with E-state index in [0.29, 0.717) is 18.0 Å². The number of ether oxygens (including phenoxy) is 2. The number of carbonyl (C=O) groups excluding carboxylic acids is 1. The minimum atomic E-state index is -0.0759. The highest BCUT2D eigenvalue weighted by molar-refractivity contribution is 6.00. The van der Waals surface area contributed by atoms with E-state index in [9.17, 15) is 4.79 Å². The maximum Gasteiger partial charge on any atom is 0.255 e. The molecule has 0 saturated carbocycles. The Morgan fingerprint density at radius 3 is 2.54 bits per heavy atom. The third-order valence-electron chi connectivity index (χ3n) is 7.75. The van der Waals surface area contributed by atoms with Crippen molar-refractivity contribution in [2.24, 2.45) is 0 Å². The number of carbonyl (C=O) groups is 1. The van der Waals surface area contributed by atoms with Crippen LogP contribution in [0, 0.1) is 0 Å². The number of aryl methyl sites for hydroxylation is 1. The van der Waals surface area contributed by atoms with E-state index in [-0.39, 0.29) is 11.9 Å². The van der Waals surface area contributed by atoms with Gasteiger partial charge in [-0.05, 0) is 49.2 Å². The largest absolute Gasteiger partial charge is 0.493 e. The fourth-order valence-corrected chi connectivity index (χ4v) is 5.64. The van der Waals surface area contributed by atoms with Crippen LogP contribution in [0.3, 0.4) is 0 Å². The number of nitrogens with zero attached hydrogens (tertiary/aromatic N) is 5. The van der Waals surface area contributed by atoms with Gasteiger partial charge in [-0.15, -0.1) is 0 Å². The topological polar surface area (TPSA) is 63.1 Å². The Labute approximate surface area is 219 Å². The summed E-state index contributed by atoms with van der Waals surface area (Å²) < 4.78 is 13.2. The van der Waals surface area contributed by atoms with Crippen LogP contribution >= 0.6 is 0 Å². The van der Waals surface area contributed by atoms with Crippen LogP contribution in [0.4, 0.5) is 5.69 Å². The molecule has 2 aliphatic rings. The van der Waals surface area contributed by atoms with Gasteiger partial charge in [-0.3, -0.25) is 4.79 Å². The summed E-state index contributed by atoms with van der Waals surface area (Å²) in [6.07, 6.45) is 7.37. The van der Waals surface area contributed by atoms with Gasteiger partial charge in [-0.25, -0.2) is 4.98 Å². The van der Waals surface area contributed by atoms with Crippen molar-refractivity contribution < 1.29 is 14.3 Å². The molecule has 0 aliphatic carbocycles. The minimum absolute atomic E-state index is 0.0759. The van der Waals surface area contributed by atoms with E-state index < -0.39 is 0 Å². The smallest absolute Gasteiger partial charge is 0.255 e. The van der Waals surface area contributed by atoms with Crippen LogP contribution in [-0.2, 0) is 13.1 Å². The molecule has 2 aromatic carbocycles. The predicted octanol–water partition coefficient (Wildman–Crippen LogP) is 4.22. The van der Waals surface area contributed by atoms with Gasteiger partial charge in [-0.2, -0.15) is 0 Å². The fraction of sp³-hybridized carbons (Fsp3) is 0.448. The summed E-state index contributed by atoms with van der Waals surface area (Å²) in [5.74, 6) is 1.47. The molecule has 196 valence electrons. The predicted molar refractivity (Wildman–Crippen MR) is 144 cm³/mol. The standard InChI is InChI=1S/C29H37N5O3/c1-4-31-15-17-33(18-16-31)26-8-5-7-23-24(26)20-34(29(23)35)25(9-6-13-32-14-12-30-21-32)22-10-11-27(36-2)28(19-22)37-3/h5,7-8,10-12,14,19,21,25H,4,6,9,13,15-18,20H2,1-3H3/t25-/m1/s1. The second-order valence-corrected chi connectivity index (χ2v) is 9.73. The second-order valence-electron chi connectivity index (χ2n) is 9.73. The summed E-state index contributed by atoms with van der Waals surface area (Å²) >= 11 is 0. The highest BCUT2D eigenvalue weighted by atomic mass is 16.5. The Morgan fingerprint density at radius 2 is 1.84 bits per heavy atom. The lowest BCUT2D eigenvalue weighted by atomic mass is 9.99. The van der Waals surface area contributed by atoms with Gasteiger partial charge < -0.3 is 28.7 Å². The van der Waals surface area contributed by atoms with E-state index in [0.717, 1.165) is 68.8 Å². The number of anilines is 1. The van der Waals surface area contributed by atoms with Crippen LogP contribution in [0.15, 0.2) is 55.1 Å². The zero-order valence-corrected chi connectivity index (χ0v) is 22.1. The number of hydrogen-bond acceptors (Lipinski definition) is 6. The normalized spacial score (nSPS) is 16.7. The molecule has 2 aliphatic heterocycles. The molecule has 1 amide bonds. The van der Waals surface area contributed by atoms with Crippen LogP contribution in [0.5, 0.6) is 11.5 Å². The summed E-state index contributed by atoms with van der Waals surface area (Å²) in [5, 5.41) is 0. The molecule has 8 nitrogen and oxygen atoms in total. The van der Waals surface area contributed by atoms with Crippen molar-refractivity contribution in [3.63, 3.8) is 0 Å². The molecule has 1 aromatic heterocycles. The number of amides is 1. The van der Waals surface area contributed by atoms with Gasteiger partial charge >= 0.3 is 0 Å². The van der Waals surface area contributed by atoms with Crippen molar-refractivity contribution in [2.45, 2.75) is 38.9 Å². The Hall–Kier alpha value is -3.52. The van der Waals surface area contributed by atoms with Crippen LogP contribution < -0.4 is 14.4 Å². The number of fused-ring (bicyclic) bond motifs is 1. The van der Waals surface area contributed by atoms with E-state index in [4.69, 9.17) is 9.47 Å². The Kier molecular flexibility index (Phi) is 7.65. The quantitative estimate of drug-likeness (QED) is 0.413. The molecule has 3 aromatic rings. The molecule has 0 radical (unpaired) electrons. The van der Waals surface area contributed by atoms with Crippen LogP contribution in [-0.4, -0.2) is 72.2 Å². The van der Waals surface area contributed by atoms with Crippen molar-refractivity contribution in [3.8, 4) is 11.5 Å². The van der Waals surface area contributed by atoms with Crippen molar-refractivity contribution in [1.29, 1.82) is 0 Å². The average Bonchev–Trinajstić information content (AvgIpc) is 3.58. The van der Waals surface area contributed by atoms with Gasteiger partial charge in [0.05, 0.1) is 26.6 Å². The molecule has 3 heterocycles. The van der Waals surface area contributed by atoms with Crippen LogP contribution in [0.2, 0.25) is 0 Å². The van der Waals surface area contributed by atoms with Gasteiger partial charge in [0.15, 0.2) is 11.5 Å². The van der Waals surface area contributed by atoms with E-state index >= 15 is 0 Å². The number of benzene rings is 2. The summed E-state index contributed by atoms with van der Waals surface area (Å²) in [5.41, 5.74) is 4.24. The zero-order chi connectivity index (χ0) is 25.8. The lowest BCUT2D eigenvalue weighted by Gasteiger charge is -2.36. The minimum Gasteiger partial charge on any atom is -0.493 e. The highest BCUT2D eigenvalue weighted by Gasteiger charge is 2.36. The van der Waals surface area contributed by atoms with E-state index in [1.807, 2.05) is 41.7 Å². The van der Waals surface area contributed by atoms with Gasteiger partial charge in [0, 0.05) is 68.5 Å². The molecule has 8 heteroatoms. The molecule has 37 heavy (non-hydrogen) atoms. The monoisotopic (exact) mass is 503 g/mol. The fourth-order valence-electron chi connectivity index (χ4n) is 5.64. The number of aromatic nitrogens is 2. The summed E-state index contributed by atoms with van der Waals surface area (Å²) in [6, 6.07) is 12.1. The molecular weight excluding hydrogens is 466 g/mol. The molecule has 1 atom stereocenters. The molecule has 0 bridgehead atoms. The number of hydrogen-bond donors (Lipinski definition) is 0. The maximum absolute atomic E-state index is 13.8. The molecule has 0 spiro atoms. The molecule has 5 rings (SSSR count). The van der Waals surface area contributed by atoms with Gasteiger partial charge in [0.2, 0.25) is 0 Å². The lowest BCUT2D eigenvalue weighted by molar-refractivity contribution is 0.0687. The van der Waals surface area contributed by atoms with E-state index in [1.165, 1.54) is 5.69 Å². The van der Waals surface area contributed by atoms with Gasteiger partial charge in [0.1, 0.15) is 0 Å². The molecule has 1 saturated heterocycles. The third kappa shape index (κ3) is 5.16. The van der Waals surface area contributed by atoms with Gasteiger partial charge in [0.25, 0.3) is 5.91 Å². The highest BCUT2D eigenvalue weighted by Crippen LogP contribution is 2.40. The Morgan fingerprint density at radius 1 is 1.03 bits per heavy atom. The molecule has 1 fully saturated rings. The van der Waals surface area contributed by atoms with Crippen LogP contribution in [0.25, 0.3) is 0 Å². The number of imidazole rings is 1. The lowest BCUT2D eigenvalue weighted by Crippen LogP contribution is -2.46. The Balaban J connectivity index is 1.42. The number of rotatable bonds is 10. The van der Waals surface area contributed by atoms with Crippen LogP contribution in [0.1, 0.15) is 47.3 Å². The van der Waals surface area contributed by atoms with E-state index in [1.54, 1.807) is 20.4 Å². The number of piperazine rings is 1. The van der Waals surface area contributed by atoms with Crippen molar-refractivity contribution in [1.82, 2.24) is 19.4 Å². The Bertz CT molecular complexity index is 1200. The average molecular weight is 504 g/mol. The molecule has 0 unspecified atom stereocenters. The third-order valence-corrected chi connectivity index (χ3v) is 7.75. The van der Waals surface area contributed by atoms with Gasteiger partial charge in [-0.1, -0.05) is 19.1 Å². The first-order chi connectivity index (χ1) is 18.1. The first kappa shape index (κ1) is 25.1. The van der Waals surface area contributed by atoms with Crippen molar-refractivity contribution in [3.05, 3.63) is 71.8 Å². The first-order valence-electron chi connectivity index (χ1n) is 13.2. The second kappa shape index (κ2) is 11.3. The van der Waals surface area contributed by atoms with E-state index in [2.05, 4.69) is 38.4 Å². The SMILES string of the molecule is CCN1CCN(c2cccc3c2CN([C@H](CCCn2ccnc2)c2ccc(OC)c(OC)c2)C3=O)CC1.